The highest BCUT2D eigenvalue weighted by Crippen LogP contribution is 2.38. The number of hydrogen-bond acceptors (Lipinski definition) is 3. The van der Waals surface area contributed by atoms with Crippen molar-refractivity contribution in [3.63, 3.8) is 0 Å². The molecule has 0 saturated carbocycles. The molecule has 4 nitrogen and oxygen atoms in total. The molecule has 2 aliphatic rings. The second-order valence-electron chi connectivity index (χ2n) is 5.37. The summed E-state index contributed by atoms with van der Waals surface area (Å²) in [6, 6.07) is 0. The number of carbonyl (C=O) groups excluding carboxylic acids is 1. The van der Waals surface area contributed by atoms with E-state index in [2.05, 4.69) is 12.2 Å². The maximum atomic E-state index is 11.9. The minimum Gasteiger partial charge on any atom is -0.372 e. The zero-order valence-corrected chi connectivity index (χ0v) is 10.8. The van der Waals surface area contributed by atoms with E-state index < -0.39 is 0 Å². The number of likely N-dealkylation sites (tertiary alicyclic amines) is 1. The van der Waals surface area contributed by atoms with Gasteiger partial charge >= 0.3 is 0 Å². The molecule has 2 fully saturated rings. The van der Waals surface area contributed by atoms with Crippen LogP contribution in [0, 0.1) is 5.41 Å². The van der Waals surface area contributed by atoms with Crippen LogP contribution in [0.25, 0.3) is 0 Å². The number of amides is 1. The zero-order valence-electron chi connectivity index (χ0n) is 10.8. The van der Waals surface area contributed by atoms with E-state index in [1.807, 2.05) is 4.90 Å². The largest absolute Gasteiger partial charge is 0.372 e. The van der Waals surface area contributed by atoms with Gasteiger partial charge in [-0.15, -0.1) is 0 Å². The van der Waals surface area contributed by atoms with E-state index >= 15 is 0 Å². The highest BCUT2D eigenvalue weighted by molar-refractivity contribution is 5.77. The molecule has 0 radical (unpaired) electrons. The molecule has 0 aromatic heterocycles. The lowest BCUT2D eigenvalue weighted by atomic mass is 9.78. The van der Waals surface area contributed by atoms with Crippen molar-refractivity contribution in [2.45, 2.75) is 32.6 Å². The quantitative estimate of drug-likeness (QED) is 0.746. The summed E-state index contributed by atoms with van der Waals surface area (Å²) in [7, 11) is 0. The van der Waals surface area contributed by atoms with Crippen molar-refractivity contribution in [2.75, 3.05) is 39.4 Å². The van der Waals surface area contributed by atoms with Crippen LogP contribution in [0.15, 0.2) is 0 Å². The van der Waals surface area contributed by atoms with Crippen molar-refractivity contribution in [2.24, 2.45) is 5.41 Å². The van der Waals surface area contributed by atoms with Crippen LogP contribution in [0.2, 0.25) is 0 Å². The molecule has 17 heavy (non-hydrogen) atoms. The number of nitrogens with zero attached hydrogens (tertiary/aromatic N) is 1. The van der Waals surface area contributed by atoms with Gasteiger partial charge < -0.3 is 15.0 Å². The normalized spacial score (nSPS) is 23.2. The molecular weight excluding hydrogens is 216 g/mol. The van der Waals surface area contributed by atoms with Crippen LogP contribution in [0.4, 0.5) is 0 Å². The van der Waals surface area contributed by atoms with Crippen LogP contribution in [-0.2, 0) is 9.53 Å². The van der Waals surface area contributed by atoms with Crippen LogP contribution in [0.5, 0.6) is 0 Å². The summed E-state index contributed by atoms with van der Waals surface area (Å²) < 4.78 is 5.33. The van der Waals surface area contributed by atoms with Gasteiger partial charge in [0.1, 0.15) is 6.61 Å². The van der Waals surface area contributed by atoms with Gasteiger partial charge in [-0.05, 0) is 44.2 Å². The van der Waals surface area contributed by atoms with Crippen molar-refractivity contribution < 1.29 is 9.53 Å². The summed E-state index contributed by atoms with van der Waals surface area (Å²) in [5, 5.41) is 3.39. The average Bonchev–Trinajstić information content (AvgIpc) is 2.74. The summed E-state index contributed by atoms with van der Waals surface area (Å²) in [5.74, 6) is 0.175. The molecule has 4 heteroatoms. The highest BCUT2D eigenvalue weighted by Gasteiger charge is 2.40. The minimum atomic E-state index is 0.175. The second kappa shape index (κ2) is 5.83. The number of carbonyl (C=O) groups is 1. The Bertz CT molecular complexity index is 262. The molecule has 0 unspecified atom stereocenters. The van der Waals surface area contributed by atoms with Gasteiger partial charge in [0, 0.05) is 19.7 Å². The number of piperidine rings is 1. The molecule has 2 aliphatic heterocycles. The molecule has 0 aromatic carbocycles. The standard InChI is InChI=1S/C13H24N2O2/c1-2-9-17-10-12(16)15-8-5-13(11-15)3-6-14-7-4-13/h14H,2-11H2,1H3. The number of nitrogens with one attached hydrogen (secondary N) is 1. The molecule has 0 aliphatic carbocycles. The fraction of sp³-hybridized carbons (Fsp3) is 0.923. The molecule has 2 heterocycles. The second-order valence-corrected chi connectivity index (χ2v) is 5.37. The molecular formula is C13H24N2O2. The van der Waals surface area contributed by atoms with Gasteiger partial charge in [-0.3, -0.25) is 4.79 Å². The first-order chi connectivity index (χ1) is 8.26. The molecule has 0 atom stereocenters. The lowest BCUT2D eigenvalue weighted by Crippen LogP contribution is -2.40. The lowest BCUT2D eigenvalue weighted by Gasteiger charge is -2.33. The van der Waals surface area contributed by atoms with Crippen molar-refractivity contribution in [3.05, 3.63) is 0 Å². The molecule has 2 saturated heterocycles. The topological polar surface area (TPSA) is 41.6 Å². The van der Waals surface area contributed by atoms with Crippen molar-refractivity contribution in [3.8, 4) is 0 Å². The van der Waals surface area contributed by atoms with E-state index in [0.29, 0.717) is 12.0 Å². The van der Waals surface area contributed by atoms with Gasteiger partial charge in [-0.2, -0.15) is 0 Å². The van der Waals surface area contributed by atoms with Crippen LogP contribution in [0.1, 0.15) is 32.6 Å². The van der Waals surface area contributed by atoms with Crippen LogP contribution in [0.3, 0.4) is 0 Å². The first kappa shape index (κ1) is 12.8. The zero-order chi connectivity index (χ0) is 12.1. The third kappa shape index (κ3) is 3.19. The van der Waals surface area contributed by atoms with Gasteiger partial charge in [0.25, 0.3) is 0 Å². The fourth-order valence-electron chi connectivity index (χ4n) is 2.91. The van der Waals surface area contributed by atoms with E-state index in [9.17, 15) is 4.79 Å². The van der Waals surface area contributed by atoms with E-state index in [4.69, 9.17) is 4.74 Å². The number of hydrogen-bond donors (Lipinski definition) is 1. The molecule has 1 amide bonds. The Hall–Kier alpha value is -0.610. The van der Waals surface area contributed by atoms with E-state index in [1.165, 1.54) is 19.3 Å². The number of rotatable bonds is 4. The van der Waals surface area contributed by atoms with Crippen LogP contribution < -0.4 is 5.32 Å². The number of ether oxygens (including phenoxy) is 1. The summed E-state index contributed by atoms with van der Waals surface area (Å²) >= 11 is 0. The molecule has 2 rings (SSSR count). The summed E-state index contributed by atoms with van der Waals surface area (Å²) in [4.78, 5) is 13.9. The van der Waals surface area contributed by atoms with Crippen LogP contribution >= 0.6 is 0 Å². The SMILES string of the molecule is CCCOCC(=O)N1CCC2(CCNCC2)C1. The van der Waals surface area contributed by atoms with Gasteiger partial charge in [0.2, 0.25) is 5.91 Å². The van der Waals surface area contributed by atoms with Gasteiger partial charge in [-0.25, -0.2) is 0 Å². The van der Waals surface area contributed by atoms with Gasteiger partial charge in [-0.1, -0.05) is 6.92 Å². The molecule has 1 spiro atoms. The van der Waals surface area contributed by atoms with Crippen LogP contribution in [-0.4, -0.2) is 50.2 Å². The third-order valence-electron chi connectivity index (χ3n) is 4.03. The molecule has 0 aromatic rings. The highest BCUT2D eigenvalue weighted by atomic mass is 16.5. The van der Waals surface area contributed by atoms with Crippen molar-refractivity contribution >= 4 is 5.91 Å². The predicted octanol–water partition coefficient (Wildman–Crippen LogP) is 1.02. The van der Waals surface area contributed by atoms with Crippen molar-refractivity contribution in [1.29, 1.82) is 0 Å². The molecule has 1 N–H and O–H groups in total. The van der Waals surface area contributed by atoms with E-state index in [-0.39, 0.29) is 12.5 Å². The fourth-order valence-corrected chi connectivity index (χ4v) is 2.91. The maximum Gasteiger partial charge on any atom is 0.248 e. The van der Waals surface area contributed by atoms with Crippen molar-refractivity contribution in [1.82, 2.24) is 10.2 Å². The van der Waals surface area contributed by atoms with Gasteiger partial charge in [0.05, 0.1) is 0 Å². The monoisotopic (exact) mass is 240 g/mol. The molecule has 0 bridgehead atoms. The minimum absolute atomic E-state index is 0.175. The summed E-state index contributed by atoms with van der Waals surface area (Å²) in [6.45, 7) is 7.10. The Labute approximate surface area is 104 Å². The summed E-state index contributed by atoms with van der Waals surface area (Å²) in [6.07, 6.45) is 4.58. The predicted molar refractivity (Wildman–Crippen MR) is 66.8 cm³/mol. The Kier molecular flexibility index (Phi) is 4.40. The van der Waals surface area contributed by atoms with Gasteiger partial charge in [0.15, 0.2) is 0 Å². The van der Waals surface area contributed by atoms with E-state index in [0.717, 1.165) is 32.6 Å². The third-order valence-corrected chi connectivity index (χ3v) is 4.03. The smallest absolute Gasteiger partial charge is 0.248 e. The first-order valence-electron chi connectivity index (χ1n) is 6.82. The Balaban J connectivity index is 1.78. The Morgan fingerprint density at radius 2 is 2.12 bits per heavy atom. The Morgan fingerprint density at radius 3 is 2.82 bits per heavy atom. The average molecular weight is 240 g/mol. The first-order valence-corrected chi connectivity index (χ1v) is 6.82. The summed E-state index contributed by atoms with van der Waals surface area (Å²) in [5.41, 5.74) is 0.408. The lowest BCUT2D eigenvalue weighted by molar-refractivity contribution is -0.135. The maximum absolute atomic E-state index is 11.9. The Morgan fingerprint density at radius 1 is 1.35 bits per heavy atom. The van der Waals surface area contributed by atoms with E-state index in [1.54, 1.807) is 0 Å². The molecule has 98 valence electrons.